The van der Waals surface area contributed by atoms with Crippen LogP contribution in [0.4, 0.5) is 5.69 Å². The average Bonchev–Trinajstić information content (AvgIpc) is 2.64. The van der Waals surface area contributed by atoms with E-state index in [0.29, 0.717) is 6.04 Å². The number of nitrogens with zero attached hydrogens (tertiary/aromatic N) is 1. The predicted molar refractivity (Wildman–Crippen MR) is 71.7 cm³/mol. The fourth-order valence-electron chi connectivity index (χ4n) is 2.69. The second kappa shape index (κ2) is 5.85. The minimum atomic E-state index is 0.666. The Bertz CT molecular complexity index is 358. The maximum absolute atomic E-state index is 10.7. The highest BCUT2D eigenvalue weighted by Crippen LogP contribution is 2.25. The van der Waals surface area contributed by atoms with Crippen LogP contribution >= 0.6 is 0 Å². The highest BCUT2D eigenvalue weighted by Gasteiger charge is 2.19. The van der Waals surface area contributed by atoms with Crippen molar-refractivity contribution >= 4 is 12.0 Å². The van der Waals surface area contributed by atoms with Gasteiger partial charge in [0.1, 0.15) is 6.29 Å². The van der Waals surface area contributed by atoms with Crippen LogP contribution in [0, 0.1) is 0 Å². The fourth-order valence-corrected chi connectivity index (χ4v) is 2.69. The van der Waals surface area contributed by atoms with Gasteiger partial charge in [-0.05, 0) is 43.5 Å². The highest BCUT2D eigenvalue weighted by atomic mass is 16.1. The molecular formula is C15H21NO. The Hall–Kier alpha value is -1.31. The van der Waals surface area contributed by atoms with E-state index in [1.807, 2.05) is 12.1 Å². The lowest BCUT2D eigenvalue weighted by atomic mass is 10.1. The molecule has 1 atom stereocenters. The molecule has 2 nitrogen and oxygen atoms in total. The summed E-state index contributed by atoms with van der Waals surface area (Å²) in [6.07, 6.45) is 7.39. The Balaban J connectivity index is 2.18. The van der Waals surface area contributed by atoms with Gasteiger partial charge in [0, 0.05) is 23.8 Å². The van der Waals surface area contributed by atoms with Crippen LogP contribution in [0.2, 0.25) is 0 Å². The van der Waals surface area contributed by atoms with E-state index in [-0.39, 0.29) is 0 Å². The maximum Gasteiger partial charge on any atom is 0.150 e. The van der Waals surface area contributed by atoms with Crippen LogP contribution in [0.5, 0.6) is 0 Å². The molecule has 1 heterocycles. The minimum absolute atomic E-state index is 0.666. The first-order valence-electron chi connectivity index (χ1n) is 6.67. The number of aldehydes is 1. The normalized spacial score (nSPS) is 21.0. The molecule has 1 aliphatic heterocycles. The molecule has 0 spiro atoms. The lowest BCUT2D eigenvalue weighted by Gasteiger charge is -2.31. The largest absolute Gasteiger partial charge is 0.369 e. The average molecular weight is 231 g/mol. The van der Waals surface area contributed by atoms with E-state index < -0.39 is 0 Å². The summed E-state index contributed by atoms with van der Waals surface area (Å²) >= 11 is 0. The quantitative estimate of drug-likeness (QED) is 0.740. The van der Waals surface area contributed by atoms with Gasteiger partial charge in [0.25, 0.3) is 0 Å². The van der Waals surface area contributed by atoms with Gasteiger partial charge in [-0.25, -0.2) is 0 Å². The van der Waals surface area contributed by atoms with Crippen molar-refractivity contribution in [1.29, 1.82) is 0 Å². The van der Waals surface area contributed by atoms with Crippen molar-refractivity contribution in [1.82, 2.24) is 0 Å². The van der Waals surface area contributed by atoms with Crippen LogP contribution in [0.15, 0.2) is 24.3 Å². The second-order valence-electron chi connectivity index (χ2n) is 4.81. The molecule has 2 heteroatoms. The molecule has 17 heavy (non-hydrogen) atoms. The number of carbonyl (C=O) groups excluding carboxylic acids is 1. The molecule has 1 aliphatic rings. The molecule has 0 N–H and O–H groups in total. The lowest BCUT2D eigenvalue weighted by molar-refractivity contribution is 0.112. The zero-order valence-electron chi connectivity index (χ0n) is 10.6. The van der Waals surface area contributed by atoms with Gasteiger partial charge in [0.15, 0.2) is 0 Å². The number of hydrogen-bond acceptors (Lipinski definition) is 2. The number of rotatable bonds is 3. The topological polar surface area (TPSA) is 20.3 Å². The predicted octanol–water partition coefficient (Wildman–Crippen LogP) is 3.66. The van der Waals surface area contributed by atoms with E-state index in [4.69, 9.17) is 0 Å². The van der Waals surface area contributed by atoms with Crippen molar-refractivity contribution < 1.29 is 4.79 Å². The Labute approximate surface area is 104 Å². The molecule has 2 rings (SSSR count). The molecular weight excluding hydrogens is 210 g/mol. The fraction of sp³-hybridized carbons (Fsp3) is 0.533. The van der Waals surface area contributed by atoms with Gasteiger partial charge >= 0.3 is 0 Å². The van der Waals surface area contributed by atoms with Gasteiger partial charge in [-0.1, -0.05) is 19.8 Å². The Kier molecular flexibility index (Phi) is 4.18. The van der Waals surface area contributed by atoms with Crippen LogP contribution in [0.25, 0.3) is 0 Å². The van der Waals surface area contributed by atoms with E-state index in [9.17, 15) is 4.79 Å². The highest BCUT2D eigenvalue weighted by molar-refractivity contribution is 5.75. The summed E-state index contributed by atoms with van der Waals surface area (Å²) in [6, 6.07) is 8.66. The van der Waals surface area contributed by atoms with Crippen molar-refractivity contribution in [2.75, 3.05) is 11.4 Å². The van der Waals surface area contributed by atoms with Gasteiger partial charge in [-0.3, -0.25) is 4.79 Å². The van der Waals surface area contributed by atoms with Crippen molar-refractivity contribution in [3.63, 3.8) is 0 Å². The van der Waals surface area contributed by atoms with Crippen LogP contribution in [-0.2, 0) is 0 Å². The summed E-state index contributed by atoms with van der Waals surface area (Å²) in [5, 5.41) is 0. The van der Waals surface area contributed by atoms with Crippen molar-refractivity contribution in [2.24, 2.45) is 0 Å². The monoisotopic (exact) mass is 231 g/mol. The maximum atomic E-state index is 10.7. The van der Waals surface area contributed by atoms with E-state index in [1.165, 1.54) is 37.8 Å². The van der Waals surface area contributed by atoms with E-state index in [2.05, 4.69) is 24.0 Å². The third kappa shape index (κ3) is 2.87. The molecule has 1 aromatic carbocycles. The van der Waals surface area contributed by atoms with Crippen molar-refractivity contribution in [3.8, 4) is 0 Å². The molecule has 92 valence electrons. The summed E-state index contributed by atoms with van der Waals surface area (Å²) in [5.41, 5.74) is 2.03. The molecule has 0 saturated carbocycles. The number of benzene rings is 1. The van der Waals surface area contributed by atoms with Crippen molar-refractivity contribution in [2.45, 2.75) is 45.1 Å². The first-order chi connectivity index (χ1) is 8.35. The van der Waals surface area contributed by atoms with Gasteiger partial charge < -0.3 is 4.90 Å². The van der Waals surface area contributed by atoms with Crippen molar-refractivity contribution in [3.05, 3.63) is 29.8 Å². The molecule has 1 unspecified atom stereocenters. The summed E-state index contributed by atoms with van der Waals surface area (Å²) in [6.45, 7) is 3.42. The number of carbonyl (C=O) groups is 1. The first kappa shape index (κ1) is 12.2. The Morgan fingerprint density at radius 2 is 2.00 bits per heavy atom. The molecule has 0 aliphatic carbocycles. The van der Waals surface area contributed by atoms with Crippen LogP contribution < -0.4 is 4.90 Å². The van der Waals surface area contributed by atoms with E-state index in [0.717, 1.165) is 18.4 Å². The molecule has 1 saturated heterocycles. The van der Waals surface area contributed by atoms with Crippen LogP contribution in [0.3, 0.4) is 0 Å². The molecule has 0 bridgehead atoms. The number of anilines is 1. The third-order valence-corrected chi connectivity index (χ3v) is 3.71. The summed E-state index contributed by atoms with van der Waals surface area (Å²) in [5.74, 6) is 0. The molecule has 0 amide bonds. The zero-order valence-corrected chi connectivity index (χ0v) is 10.6. The van der Waals surface area contributed by atoms with Gasteiger partial charge in [0.2, 0.25) is 0 Å². The van der Waals surface area contributed by atoms with Crippen LogP contribution in [0.1, 0.15) is 49.4 Å². The molecule has 1 fully saturated rings. The molecule has 1 aromatic rings. The van der Waals surface area contributed by atoms with E-state index >= 15 is 0 Å². The van der Waals surface area contributed by atoms with E-state index in [1.54, 1.807) is 0 Å². The van der Waals surface area contributed by atoms with Gasteiger partial charge in [-0.15, -0.1) is 0 Å². The first-order valence-corrected chi connectivity index (χ1v) is 6.67. The third-order valence-electron chi connectivity index (χ3n) is 3.71. The molecule has 0 radical (unpaired) electrons. The second-order valence-corrected chi connectivity index (χ2v) is 4.81. The van der Waals surface area contributed by atoms with Crippen LogP contribution in [-0.4, -0.2) is 18.9 Å². The Morgan fingerprint density at radius 3 is 2.65 bits per heavy atom. The number of hydrogen-bond donors (Lipinski definition) is 0. The minimum Gasteiger partial charge on any atom is -0.369 e. The van der Waals surface area contributed by atoms with Gasteiger partial charge in [-0.2, -0.15) is 0 Å². The summed E-state index contributed by atoms with van der Waals surface area (Å²) in [4.78, 5) is 13.2. The SMILES string of the molecule is CCC1CCCCCN1c1ccc(C=O)cc1. The Morgan fingerprint density at radius 1 is 1.24 bits per heavy atom. The van der Waals surface area contributed by atoms with Gasteiger partial charge in [0.05, 0.1) is 0 Å². The lowest BCUT2D eigenvalue weighted by Crippen LogP contribution is -2.34. The standard InChI is InChI=1S/C15H21NO/c1-2-14-6-4-3-5-11-16(14)15-9-7-13(12-17)8-10-15/h7-10,12,14H,2-6,11H2,1H3. The summed E-state index contributed by atoms with van der Waals surface area (Å²) in [7, 11) is 0. The summed E-state index contributed by atoms with van der Waals surface area (Å²) < 4.78 is 0. The zero-order chi connectivity index (χ0) is 12.1. The molecule has 0 aromatic heterocycles. The smallest absolute Gasteiger partial charge is 0.150 e.